The van der Waals surface area contributed by atoms with Crippen LogP contribution >= 0.6 is 0 Å². The maximum atomic E-state index is 11.9. The fraction of sp³-hybridized carbons (Fsp3) is 0.824. The second-order valence-corrected chi connectivity index (χ2v) is 7.89. The summed E-state index contributed by atoms with van der Waals surface area (Å²) in [6.45, 7) is 7.99. The Balaban J connectivity index is 0.000000219. The van der Waals surface area contributed by atoms with Gasteiger partial charge in [0.2, 0.25) is 6.41 Å². The van der Waals surface area contributed by atoms with Gasteiger partial charge in [0.25, 0.3) is 0 Å². The van der Waals surface area contributed by atoms with Gasteiger partial charge in [-0.3, -0.25) is 14.8 Å². The summed E-state index contributed by atoms with van der Waals surface area (Å²) >= 11 is 0. The third-order valence-corrected chi connectivity index (χ3v) is 4.62. The summed E-state index contributed by atoms with van der Waals surface area (Å²) in [5, 5.41) is 9.98. The fourth-order valence-corrected chi connectivity index (χ4v) is 3.38. The molecule has 3 fully saturated rings. The second-order valence-electron chi connectivity index (χ2n) is 7.89. The number of likely N-dealkylation sites (tertiary alicyclic amines) is 1. The minimum atomic E-state index is -0.494. The zero-order chi connectivity index (χ0) is 20.0. The van der Waals surface area contributed by atoms with Crippen molar-refractivity contribution in [2.24, 2.45) is 0 Å². The highest BCUT2D eigenvalue weighted by molar-refractivity contribution is 5.76. The minimum absolute atomic E-state index is 0.0303. The van der Waals surface area contributed by atoms with Crippen molar-refractivity contribution in [1.29, 1.82) is 0 Å². The normalized spacial score (nSPS) is 24.4. The SMILES string of the molecule is CC(C)(C)OC(=O)N1CCC[C@H]1CONC=O.O=C1N2CCC[C@H](C2)N1O. The van der Waals surface area contributed by atoms with Crippen LogP contribution in [-0.2, 0) is 14.4 Å². The zero-order valence-corrected chi connectivity index (χ0v) is 16.2. The summed E-state index contributed by atoms with van der Waals surface area (Å²) in [6.07, 6.45) is 3.89. The molecular formula is C17H30N4O6. The van der Waals surface area contributed by atoms with E-state index in [1.54, 1.807) is 9.80 Å². The van der Waals surface area contributed by atoms with Gasteiger partial charge in [-0.2, -0.15) is 0 Å². The van der Waals surface area contributed by atoms with E-state index in [2.05, 4.69) is 5.48 Å². The van der Waals surface area contributed by atoms with Crippen molar-refractivity contribution in [2.75, 3.05) is 26.2 Å². The van der Waals surface area contributed by atoms with E-state index in [0.29, 0.717) is 13.0 Å². The molecule has 3 saturated heterocycles. The lowest BCUT2D eigenvalue weighted by molar-refractivity contribution is -0.121. The lowest BCUT2D eigenvalue weighted by Gasteiger charge is -2.28. The highest BCUT2D eigenvalue weighted by atomic mass is 16.6. The van der Waals surface area contributed by atoms with Gasteiger partial charge in [0, 0.05) is 19.6 Å². The first-order chi connectivity index (χ1) is 12.7. The van der Waals surface area contributed by atoms with Crippen molar-refractivity contribution in [1.82, 2.24) is 20.3 Å². The molecule has 10 nitrogen and oxygen atoms in total. The lowest BCUT2D eigenvalue weighted by atomic mass is 10.1. The first-order valence-corrected chi connectivity index (χ1v) is 9.30. The molecule has 3 heterocycles. The standard InChI is InChI=1S/C11H20N2O4.C6H10N2O2/c1-11(2,3)17-10(15)13-6-4-5-9(13)7-16-12-8-14;9-6-7-3-1-2-5(4-7)8(6)10/h8-9H,4-7H2,1-3H3,(H,12,14);5,10H,1-4H2/t9-;5-/m01/s1. The van der Waals surface area contributed by atoms with Gasteiger partial charge in [-0.05, 0) is 46.5 Å². The number of hydroxylamine groups is 3. The molecule has 3 aliphatic heterocycles. The van der Waals surface area contributed by atoms with Crippen molar-refractivity contribution in [3.63, 3.8) is 0 Å². The Bertz CT molecular complexity index is 534. The van der Waals surface area contributed by atoms with Gasteiger partial charge in [-0.1, -0.05) is 0 Å². The predicted octanol–water partition coefficient (Wildman–Crippen LogP) is 1.34. The molecule has 0 aromatic heterocycles. The lowest BCUT2D eigenvalue weighted by Crippen LogP contribution is -2.42. The number of ether oxygens (including phenoxy) is 1. The number of rotatable bonds is 4. The zero-order valence-electron chi connectivity index (χ0n) is 16.2. The Morgan fingerprint density at radius 2 is 2.00 bits per heavy atom. The number of carbonyl (C=O) groups excluding carboxylic acids is 3. The maximum Gasteiger partial charge on any atom is 0.410 e. The number of urea groups is 1. The van der Waals surface area contributed by atoms with E-state index in [0.717, 1.165) is 43.8 Å². The van der Waals surface area contributed by atoms with Crippen molar-refractivity contribution >= 4 is 18.5 Å². The first kappa shape index (κ1) is 21.2. The van der Waals surface area contributed by atoms with Gasteiger partial charge >= 0.3 is 12.1 Å². The molecule has 0 aromatic rings. The van der Waals surface area contributed by atoms with Crippen molar-refractivity contribution in [3.8, 4) is 0 Å². The molecule has 0 aromatic carbocycles. The number of nitrogens with zero attached hydrogens (tertiary/aromatic N) is 3. The van der Waals surface area contributed by atoms with E-state index >= 15 is 0 Å². The minimum Gasteiger partial charge on any atom is -0.444 e. The Hall–Kier alpha value is -2.07. The molecule has 3 rings (SSSR count). The summed E-state index contributed by atoms with van der Waals surface area (Å²) in [7, 11) is 0. The third-order valence-electron chi connectivity index (χ3n) is 4.62. The van der Waals surface area contributed by atoms with E-state index in [-0.39, 0.29) is 30.8 Å². The van der Waals surface area contributed by atoms with E-state index < -0.39 is 5.60 Å². The van der Waals surface area contributed by atoms with Crippen molar-refractivity contribution in [2.45, 2.75) is 64.1 Å². The fourth-order valence-electron chi connectivity index (χ4n) is 3.38. The van der Waals surface area contributed by atoms with Gasteiger partial charge in [-0.15, -0.1) is 0 Å². The number of hydrogen-bond donors (Lipinski definition) is 2. The molecule has 0 spiro atoms. The number of nitrogens with one attached hydrogen (secondary N) is 1. The van der Waals surface area contributed by atoms with Crippen LogP contribution in [0, 0.1) is 0 Å². The molecule has 0 radical (unpaired) electrons. The van der Waals surface area contributed by atoms with Crippen molar-refractivity contribution in [3.05, 3.63) is 0 Å². The number of amides is 4. The van der Waals surface area contributed by atoms with E-state index in [1.165, 1.54) is 0 Å². The number of carbonyl (C=O) groups is 3. The second kappa shape index (κ2) is 9.23. The van der Waals surface area contributed by atoms with Gasteiger partial charge < -0.3 is 14.5 Å². The van der Waals surface area contributed by atoms with Gasteiger partial charge in [0.15, 0.2) is 0 Å². The number of piperidine rings is 1. The number of fused-ring (bicyclic) bond motifs is 2. The van der Waals surface area contributed by atoms with Crippen LogP contribution in [0.25, 0.3) is 0 Å². The van der Waals surface area contributed by atoms with Crippen LogP contribution in [0.3, 0.4) is 0 Å². The molecule has 4 amide bonds. The molecule has 10 heteroatoms. The molecule has 2 atom stereocenters. The third kappa shape index (κ3) is 5.96. The van der Waals surface area contributed by atoms with E-state index in [1.807, 2.05) is 20.8 Å². The topological polar surface area (TPSA) is 112 Å². The smallest absolute Gasteiger partial charge is 0.410 e. The Morgan fingerprint density at radius 3 is 2.59 bits per heavy atom. The highest BCUT2D eigenvalue weighted by Crippen LogP contribution is 2.23. The molecular weight excluding hydrogens is 356 g/mol. The average molecular weight is 386 g/mol. The molecule has 0 unspecified atom stereocenters. The molecule has 2 N–H and O–H groups in total. The van der Waals surface area contributed by atoms with Gasteiger partial charge in [-0.25, -0.2) is 20.1 Å². The van der Waals surface area contributed by atoms with Gasteiger partial charge in [0.1, 0.15) is 5.60 Å². The summed E-state index contributed by atoms with van der Waals surface area (Å²) in [5.74, 6) is 0. The van der Waals surface area contributed by atoms with E-state index in [9.17, 15) is 14.4 Å². The summed E-state index contributed by atoms with van der Waals surface area (Å²) in [5.41, 5.74) is 1.63. The van der Waals surface area contributed by atoms with Crippen LogP contribution < -0.4 is 5.48 Å². The maximum absolute atomic E-state index is 11.9. The van der Waals surface area contributed by atoms with Crippen LogP contribution in [0.5, 0.6) is 0 Å². The molecule has 154 valence electrons. The van der Waals surface area contributed by atoms with Crippen LogP contribution in [0.1, 0.15) is 46.5 Å². The average Bonchev–Trinajstić information content (AvgIpc) is 3.15. The first-order valence-electron chi connectivity index (χ1n) is 9.30. The largest absolute Gasteiger partial charge is 0.444 e. The highest BCUT2D eigenvalue weighted by Gasteiger charge is 2.39. The van der Waals surface area contributed by atoms with Crippen LogP contribution in [0.15, 0.2) is 0 Å². The molecule has 27 heavy (non-hydrogen) atoms. The quantitative estimate of drug-likeness (QED) is 0.326. The Morgan fingerprint density at radius 1 is 1.30 bits per heavy atom. The molecule has 2 bridgehead atoms. The van der Waals surface area contributed by atoms with Crippen LogP contribution in [0.4, 0.5) is 9.59 Å². The molecule has 0 saturated carbocycles. The summed E-state index contributed by atoms with van der Waals surface area (Å²) < 4.78 is 5.30. The Kier molecular flexibility index (Phi) is 7.25. The van der Waals surface area contributed by atoms with Crippen LogP contribution in [0.2, 0.25) is 0 Å². The van der Waals surface area contributed by atoms with Crippen molar-refractivity contribution < 1.29 is 29.2 Å². The predicted molar refractivity (Wildman–Crippen MR) is 94.7 cm³/mol. The van der Waals surface area contributed by atoms with E-state index in [4.69, 9.17) is 14.8 Å². The molecule has 3 aliphatic rings. The monoisotopic (exact) mass is 386 g/mol. The molecule has 0 aliphatic carbocycles. The Labute approximate surface area is 159 Å². The number of hydrogen-bond acceptors (Lipinski definition) is 6. The summed E-state index contributed by atoms with van der Waals surface area (Å²) in [6, 6.07) is -0.180. The van der Waals surface area contributed by atoms with Crippen LogP contribution in [-0.4, -0.2) is 82.5 Å². The van der Waals surface area contributed by atoms with Gasteiger partial charge in [0.05, 0.1) is 18.7 Å². The summed E-state index contributed by atoms with van der Waals surface area (Å²) in [4.78, 5) is 41.1.